The molecule has 102 valence electrons. The van der Waals surface area contributed by atoms with Gasteiger partial charge in [-0.25, -0.2) is 0 Å². The van der Waals surface area contributed by atoms with Crippen LogP contribution in [0.15, 0.2) is 37.9 Å². The van der Waals surface area contributed by atoms with Crippen LogP contribution in [0.1, 0.15) is 35.4 Å². The van der Waals surface area contributed by atoms with Gasteiger partial charge >= 0.3 is 0 Å². The van der Waals surface area contributed by atoms with Gasteiger partial charge in [0.1, 0.15) is 0 Å². The summed E-state index contributed by atoms with van der Waals surface area (Å²) in [6.45, 7) is 4.50. The minimum atomic E-state index is 0.234. The van der Waals surface area contributed by atoms with Gasteiger partial charge in [0.2, 0.25) is 0 Å². The number of benzene rings is 1. The second-order valence-electron chi connectivity index (χ2n) is 4.98. The first-order valence-corrected chi connectivity index (χ1v) is 9.47. The maximum atomic E-state index is 3.79. The van der Waals surface area contributed by atoms with Crippen molar-refractivity contribution in [2.75, 3.05) is 0 Å². The van der Waals surface area contributed by atoms with E-state index in [1.807, 2.05) is 0 Å². The normalized spacial score (nSPS) is 12.9. The lowest BCUT2D eigenvalue weighted by Crippen LogP contribution is -1.96. The summed E-state index contributed by atoms with van der Waals surface area (Å²) in [5.41, 5.74) is 3.97. The van der Waals surface area contributed by atoms with Crippen LogP contribution in [0.2, 0.25) is 0 Å². The van der Waals surface area contributed by atoms with Crippen molar-refractivity contribution in [2.24, 2.45) is 5.92 Å². The Morgan fingerprint density at radius 2 is 1.74 bits per heavy atom. The Hall–Kier alpha value is 0.360. The third kappa shape index (κ3) is 4.16. The fourth-order valence-electron chi connectivity index (χ4n) is 2.00. The Labute approximate surface area is 144 Å². The van der Waals surface area contributed by atoms with E-state index in [1.165, 1.54) is 20.5 Å². The smallest absolute Gasteiger partial charge is 0.0757 e. The monoisotopic (exact) mass is 464 g/mol. The van der Waals surface area contributed by atoms with E-state index in [2.05, 4.69) is 92.0 Å². The van der Waals surface area contributed by atoms with Gasteiger partial charge in [0.05, 0.1) is 12.4 Å². The van der Waals surface area contributed by atoms with Gasteiger partial charge < -0.3 is 0 Å². The zero-order valence-electron chi connectivity index (χ0n) is 10.8. The van der Waals surface area contributed by atoms with Crippen LogP contribution in [0, 0.1) is 5.92 Å². The molecular weight excluding hydrogens is 452 g/mol. The van der Waals surface area contributed by atoms with Gasteiger partial charge in [-0.1, -0.05) is 54.0 Å². The number of alkyl halides is 1. The van der Waals surface area contributed by atoms with Crippen LogP contribution in [0.5, 0.6) is 0 Å². The molecule has 0 fully saturated rings. The standard InChI is InChI=1S/C15H15Br3S/c1-9(2)7-10-3-5-11(6-4-10)14(17)12-8-13(16)19-15(12)18/h3-6,8-9,14H,7H2,1-2H3. The lowest BCUT2D eigenvalue weighted by atomic mass is 10.00. The first-order valence-electron chi connectivity index (χ1n) is 6.15. The number of thiophene rings is 1. The molecule has 1 heterocycles. The maximum Gasteiger partial charge on any atom is 0.0757 e. The molecule has 4 heteroatoms. The molecule has 1 aromatic carbocycles. The predicted octanol–water partition coefficient (Wildman–Crippen LogP) is 6.96. The van der Waals surface area contributed by atoms with Crippen molar-refractivity contribution in [1.29, 1.82) is 0 Å². The highest BCUT2D eigenvalue weighted by Crippen LogP contribution is 2.41. The summed E-state index contributed by atoms with van der Waals surface area (Å²) >= 11 is 12.6. The summed E-state index contributed by atoms with van der Waals surface area (Å²) in [6, 6.07) is 11.1. The van der Waals surface area contributed by atoms with Gasteiger partial charge in [0.25, 0.3) is 0 Å². The molecule has 1 aromatic heterocycles. The van der Waals surface area contributed by atoms with E-state index in [1.54, 1.807) is 11.3 Å². The van der Waals surface area contributed by atoms with Crippen LogP contribution < -0.4 is 0 Å². The van der Waals surface area contributed by atoms with E-state index in [0.717, 1.165) is 10.2 Å². The molecule has 0 radical (unpaired) electrons. The first-order chi connectivity index (χ1) is 8.97. The molecule has 1 atom stereocenters. The molecule has 0 saturated carbocycles. The quantitative estimate of drug-likeness (QED) is 0.427. The fourth-order valence-corrected chi connectivity index (χ4v) is 6.03. The molecule has 0 spiro atoms. The predicted molar refractivity (Wildman–Crippen MR) is 95.5 cm³/mol. The van der Waals surface area contributed by atoms with E-state index < -0.39 is 0 Å². The summed E-state index contributed by atoms with van der Waals surface area (Å²) in [5, 5.41) is 0. The Balaban J connectivity index is 2.20. The number of hydrogen-bond acceptors (Lipinski definition) is 1. The summed E-state index contributed by atoms with van der Waals surface area (Å²) in [7, 11) is 0. The van der Waals surface area contributed by atoms with Crippen molar-refractivity contribution >= 4 is 59.1 Å². The van der Waals surface area contributed by atoms with E-state index in [-0.39, 0.29) is 4.83 Å². The summed E-state index contributed by atoms with van der Waals surface area (Å²) in [6.07, 6.45) is 1.14. The van der Waals surface area contributed by atoms with E-state index >= 15 is 0 Å². The third-order valence-corrected chi connectivity index (χ3v) is 6.28. The first kappa shape index (κ1) is 15.7. The molecule has 2 aromatic rings. The molecule has 0 aliphatic carbocycles. The van der Waals surface area contributed by atoms with Crippen LogP contribution in [-0.4, -0.2) is 0 Å². The van der Waals surface area contributed by atoms with Crippen molar-refractivity contribution in [3.05, 3.63) is 54.6 Å². The second-order valence-corrected chi connectivity index (χ2v) is 9.65. The molecule has 0 aliphatic heterocycles. The minimum absolute atomic E-state index is 0.234. The van der Waals surface area contributed by atoms with Crippen LogP contribution >= 0.6 is 59.1 Å². The van der Waals surface area contributed by atoms with Gasteiger partial charge in [0.15, 0.2) is 0 Å². The van der Waals surface area contributed by atoms with Crippen molar-refractivity contribution < 1.29 is 0 Å². The highest BCUT2D eigenvalue weighted by atomic mass is 79.9. The van der Waals surface area contributed by atoms with Crippen LogP contribution in [0.3, 0.4) is 0 Å². The lowest BCUT2D eigenvalue weighted by molar-refractivity contribution is 0.647. The van der Waals surface area contributed by atoms with Crippen LogP contribution in [0.4, 0.5) is 0 Å². The molecule has 0 aliphatic rings. The molecule has 0 amide bonds. The van der Waals surface area contributed by atoms with Crippen molar-refractivity contribution in [3.63, 3.8) is 0 Å². The third-order valence-electron chi connectivity index (χ3n) is 2.87. The minimum Gasteiger partial charge on any atom is -0.121 e. The van der Waals surface area contributed by atoms with E-state index in [4.69, 9.17) is 0 Å². The maximum absolute atomic E-state index is 3.79. The average Bonchev–Trinajstić information content (AvgIpc) is 2.68. The van der Waals surface area contributed by atoms with Crippen LogP contribution in [-0.2, 0) is 6.42 Å². The van der Waals surface area contributed by atoms with Gasteiger partial charge in [-0.15, -0.1) is 11.3 Å². The average molecular weight is 467 g/mol. The van der Waals surface area contributed by atoms with Crippen molar-refractivity contribution in [2.45, 2.75) is 25.1 Å². The second kappa shape index (κ2) is 6.88. The molecular formula is C15H15Br3S. The highest BCUT2D eigenvalue weighted by molar-refractivity contribution is 9.12. The zero-order valence-corrected chi connectivity index (χ0v) is 16.4. The van der Waals surface area contributed by atoms with Gasteiger partial charge in [0, 0.05) is 0 Å². The van der Waals surface area contributed by atoms with Gasteiger partial charge in [-0.05, 0) is 67.0 Å². The van der Waals surface area contributed by atoms with Crippen molar-refractivity contribution in [3.8, 4) is 0 Å². The molecule has 1 unspecified atom stereocenters. The fraction of sp³-hybridized carbons (Fsp3) is 0.333. The van der Waals surface area contributed by atoms with E-state index in [0.29, 0.717) is 5.92 Å². The Kier molecular flexibility index (Phi) is 5.70. The highest BCUT2D eigenvalue weighted by Gasteiger charge is 2.16. The topological polar surface area (TPSA) is 0 Å². The van der Waals surface area contributed by atoms with Gasteiger partial charge in [-0.2, -0.15) is 0 Å². The zero-order chi connectivity index (χ0) is 14.0. The number of rotatable bonds is 4. The Bertz CT molecular complexity index is 543. The van der Waals surface area contributed by atoms with Gasteiger partial charge in [-0.3, -0.25) is 0 Å². The molecule has 0 N–H and O–H groups in total. The van der Waals surface area contributed by atoms with Crippen molar-refractivity contribution in [1.82, 2.24) is 0 Å². The summed E-state index contributed by atoms with van der Waals surface area (Å²) in [5.74, 6) is 0.701. The number of halogens is 3. The largest absolute Gasteiger partial charge is 0.121 e. The number of hydrogen-bond donors (Lipinski definition) is 0. The molecule has 19 heavy (non-hydrogen) atoms. The molecule has 2 rings (SSSR count). The molecule has 0 nitrogen and oxygen atoms in total. The lowest BCUT2D eigenvalue weighted by Gasteiger charge is -2.11. The SMILES string of the molecule is CC(C)Cc1ccc(C(Br)c2cc(Br)sc2Br)cc1. The van der Waals surface area contributed by atoms with Crippen LogP contribution in [0.25, 0.3) is 0 Å². The molecule has 0 saturated heterocycles. The van der Waals surface area contributed by atoms with E-state index in [9.17, 15) is 0 Å². The Morgan fingerprint density at radius 1 is 1.11 bits per heavy atom. The Morgan fingerprint density at radius 3 is 2.21 bits per heavy atom. The summed E-state index contributed by atoms with van der Waals surface area (Å²) < 4.78 is 2.32. The summed E-state index contributed by atoms with van der Waals surface area (Å²) in [4.78, 5) is 0.234. The molecule has 0 bridgehead atoms.